The quantitative estimate of drug-likeness (QED) is 0.670. The topological polar surface area (TPSA) is 3.24 Å². The van der Waals surface area contributed by atoms with Crippen molar-refractivity contribution in [3.63, 3.8) is 0 Å². The van der Waals surface area contributed by atoms with Crippen LogP contribution in [0.4, 0.5) is 0 Å². The molecule has 13 heavy (non-hydrogen) atoms. The van der Waals surface area contributed by atoms with Gasteiger partial charge in [0.25, 0.3) is 0 Å². The molecule has 0 aromatic rings. The second-order valence-corrected chi connectivity index (χ2v) is 20.3. The summed E-state index contributed by atoms with van der Waals surface area (Å²) in [6.45, 7) is 0. The van der Waals surface area contributed by atoms with Crippen LogP contribution in [0.5, 0.6) is 0 Å². The zero-order valence-electron chi connectivity index (χ0n) is 9.30. The van der Waals surface area contributed by atoms with Crippen LogP contribution in [0.1, 0.15) is 19.3 Å². The van der Waals surface area contributed by atoms with Gasteiger partial charge in [-0.2, -0.15) is 0 Å². The molecule has 1 nitrogen and oxygen atoms in total. The maximum atomic E-state index is 2.61. The predicted octanol–water partition coefficient (Wildman–Crippen LogP) is 2.66. The van der Waals surface area contributed by atoms with Crippen molar-refractivity contribution in [2.45, 2.75) is 46.2 Å². The molecule has 0 radical (unpaired) electrons. The van der Waals surface area contributed by atoms with Crippen LogP contribution in [0.3, 0.4) is 0 Å². The first-order chi connectivity index (χ1) is 5.98. The molecular weight excluding hydrogens is 265 g/mol. The summed E-state index contributed by atoms with van der Waals surface area (Å²) >= 11 is -1.70. The number of likely N-dealkylation sites (N-methyl/N-ethyl adjacent to an activating group) is 1. The van der Waals surface area contributed by atoms with Gasteiger partial charge < -0.3 is 0 Å². The molecular formula is C11H21NSn. The van der Waals surface area contributed by atoms with E-state index < -0.39 is 18.4 Å². The van der Waals surface area contributed by atoms with Crippen molar-refractivity contribution in [2.24, 2.45) is 0 Å². The summed E-state index contributed by atoms with van der Waals surface area (Å²) in [7, 11) is 2.30. The Morgan fingerprint density at radius 2 is 2.00 bits per heavy atom. The van der Waals surface area contributed by atoms with Crippen molar-refractivity contribution in [3.8, 4) is 0 Å². The van der Waals surface area contributed by atoms with Crippen molar-refractivity contribution >= 4 is 18.4 Å². The molecule has 0 amide bonds. The Balaban J connectivity index is 2.22. The second-order valence-electron chi connectivity index (χ2n) is 5.61. The van der Waals surface area contributed by atoms with Crippen molar-refractivity contribution in [1.82, 2.24) is 4.90 Å². The molecule has 1 fully saturated rings. The molecule has 2 atom stereocenters. The van der Waals surface area contributed by atoms with Gasteiger partial charge >= 0.3 is 86.2 Å². The normalized spacial score (nSPS) is 34.9. The molecule has 2 rings (SSSR count). The Labute approximate surface area is 86.1 Å². The Bertz CT molecular complexity index is 239. The number of nitrogens with zero attached hydrogens (tertiary/aromatic N) is 1. The summed E-state index contributed by atoms with van der Waals surface area (Å²) in [5, 5.41) is 0. The fourth-order valence-electron chi connectivity index (χ4n) is 2.60. The van der Waals surface area contributed by atoms with E-state index in [1.165, 1.54) is 19.3 Å². The van der Waals surface area contributed by atoms with Gasteiger partial charge in [0, 0.05) is 0 Å². The molecule has 1 saturated heterocycles. The van der Waals surface area contributed by atoms with E-state index in [4.69, 9.17) is 0 Å². The molecule has 2 aliphatic rings. The number of hydrogen-bond donors (Lipinski definition) is 0. The Morgan fingerprint density at radius 1 is 1.31 bits per heavy atom. The number of hydrogen-bond acceptors (Lipinski definition) is 1. The van der Waals surface area contributed by atoms with Gasteiger partial charge in [0.1, 0.15) is 0 Å². The SMILES string of the molecule is CN1C2C=[C]([Sn]([CH3])([CH3])[CH3])CC1CC2. The molecule has 2 bridgehead atoms. The summed E-state index contributed by atoms with van der Waals surface area (Å²) in [5.74, 6) is 0. The third kappa shape index (κ3) is 1.82. The minimum atomic E-state index is -1.70. The summed E-state index contributed by atoms with van der Waals surface area (Å²) < 4.78 is 1.89. The van der Waals surface area contributed by atoms with Crippen molar-refractivity contribution < 1.29 is 0 Å². The molecule has 74 valence electrons. The summed E-state index contributed by atoms with van der Waals surface area (Å²) in [5.41, 5.74) is 0. The maximum absolute atomic E-state index is 2.61. The van der Waals surface area contributed by atoms with Gasteiger partial charge in [-0.25, -0.2) is 0 Å². The summed E-state index contributed by atoms with van der Waals surface area (Å²) in [6, 6.07) is 1.69. The van der Waals surface area contributed by atoms with Crippen LogP contribution >= 0.6 is 0 Å². The van der Waals surface area contributed by atoms with E-state index in [0.717, 1.165) is 12.1 Å². The molecule has 2 unspecified atom stereocenters. The van der Waals surface area contributed by atoms with Crippen molar-refractivity contribution in [2.75, 3.05) is 7.05 Å². The van der Waals surface area contributed by atoms with Gasteiger partial charge in [-0.05, 0) is 0 Å². The summed E-state index contributed by atoms with van der Waals surface area (Å²) in [4.78, 5) is 10.2. The minimum absolute atomic E-state index is 0.796. The molecule has 0 aromatic carbocycles. The van der Waals surface area contributed by atoms with Crippen molar-refractivity contribution in [1.29, 1.82) is 0 Å². The molecule has 0 spiro atoms. The van der Waals surface area contributed by atoms with Gasteiger partial charge in [-0.1, -0.05) is 0 Å². The molecule has 2 aliphatic heterocycles. The van der Waals surface area contributed by atoms with Crippen LogP contribution in [-0.4, -0.2) is 42.4 Å². The molecule has 0 aliphatic carbocycles. The van der Waals surface area contributed by atoms with E-state index in [-0.39, 0.29) is 0 Å². The molecule has 0 saturated carbocycles. The van der Waals surface area contributed by atoms with Gasteiger partial charge in [-0.3, -0.25) is 0 Å². The zero-order chi connectivity index (χ0) is 9.64. The van der Waals surface area contributed by atoms with Gasteiger partial charge in [0.2, 0.25) is 0 Å². The van der Waals surface area contributed by atoms with E-state index in [0.29, 0.717) is 0 Å². The fourth-order valence-corrected chi connectivity index (χ4v) is 6.99. The van der Waals surface area contributed by atoms with Crippen LogP contribution in [0.15, 0.2) is 9.67 Å². The zero-order valence-corrected chi connectivity index (χ0v) is 12.2. The average Bonchev–Trinajstić information content (AvgIpc) is 2.29. The third-order valence-electron chi connectivity index (χ3n) is 3.71. The van der Waals surface area contributed by atoms with Crippen molar-refractivity contribution in [3.05, 3.63) is 9.67 Å². The van der Waals surface area contributed by atoms with Crippen LogP contribution in [0.2, 0.25) is 14.8 Å². The number of rotatable bonds is 1. The van der Waals surface area contributed by atoms with Gasteiger partial charge in [0.15, 0.2) is 0 Å². The first kappa shape index (κ1) is 10.0. The average molecular weight is 286 g/mol. The first-order valence-electron chi connectivity index (χ1n) is 5.41. The third-order valence-corrected chi connectivity index (χ3v) is 10.3. The van der Waals surface area contributed by atoms with E-state index in [9.17, 15) is 0 Å². The van der Waals surface area contributed by atoms with E-state index in [2.05, 4.69) is 32.8 Å². The van der Waals surface area contributed by atoms with E-state index >= 15 is 0 Å². The van der Waals surface area contributed by atoms with Gasteiger partial charge in [0.05, 0.1) is 0 Å². The van der Waals surface area contributed by atoms with Crippen LogP contribution in [0.25, 0.3) is 0 Å². The standard InChI is InChI=1S/C8H12N.3CH3.Sn/c1-9-7-3-2-4-8(9)6-5-7;;;;/h3,7-8H,4-6H2,1H3;3*1H3;. The van der Waals surface area contributed by atoms with Crippen LogP contribution < -0.4 is 0 Å². The fraction of sp³-hybridized carbons (Fsp3) is 0.818. The van der Waals surface area contributed by atoms with Gasteiger partial charge in [-0.15, -0.1) is 0 Å². The Hall–Kier alpha value is 0.499. The number of fused-ring (bicyclic) bond motifs is 2. The monoisotopic (exact) mass is 287 g/mol. The Morgan fingerprint density at radius 3 is 2.54 bits per heavy atom. The molecule has 0 aromatic heterocycles. The molecule has 2 heterocycles. The molecule has 0 N–H and O–H groups in total. The predicted molar refractivity (Wildman–Crippen MR) is 60.6 cm³/mol. The first-order valence-corrected chi connectivity index (χ1v) is 15.4. The van der Waals surface area contributed by atoms with Crippen LogP contribution in [-0.2, 0) is 0 Å². The second kappa shape index (κ2) is 3.26. The van der Waals surface area contributed by atoms with Crippen LogP contribution in [0, 0.1) is 0 Å². The Kier molecular flexibility index (Phi) is 2.52. The molecule has 2 heteroatoms. The van der Waals surface area contributed by atoms with E-state index in [1.807, 2.05) is 3.59 Å². The summed E-state index contributed by atoms with van der Waals surface area (Å²) in [6.07, 6.45) is 6.85. The van der Waals surface area contributed by atoms with E-state index in [1.54, 1.807) is 0 Å².